The third-order valence-electron chi connectivity index (χ3n) is 2.63. The minimum atomic E-state index is -3.54. The van der Waals surface area contributed by atoms with Gasteiger partial charge < -0.3 is 0 Å². The second-order valence-corrected chi connectivity index (χ2v) is 6.68. The zero-order valence-electron chi connectivity index (χ0n) is 8.65. The molecule has 1 aliphatic rings. The maximum absolute atomic E-state index is 13.3. The molecule has 0 N–H and O–H groups in total. The van der Waals surface area contributed by atoms with Crippen molar-refractivity contribution in [1.82, 2.24) is 4.31 Å². The molecule has 1 aromatic rings. The van der Waals surface area contributed by atoms with Crippen LogP contribution in [-0.4, -0.2) is 25.8 Å². The largest absolute Gasteiger partial charge is 0.243 e. The topological polar surface area (TPSA) is 37.4 Å². The fourth-order valence-corrected chi connectivity index (χ4v) is 3.11. The molecule has 0 aliphatic heterocycles. The third-order valence-corrected chi connectivity index (χ3v) is 5.18. The molecule has 0 bridgehead atoms. The van der Waals surface area contributed by atoms with Gasteiger partial charge in [-0.15, -0.1) is 0 Å². The number of hydrogen-bond acceptors (Lipinski definition) is 2. The van der Waals surface area contributed by atoms with Gasteiger partial charge in [0, 0.05) is 13.1 Å². The first-order chi connectivity index (χ1) is 7.43. The first kappa shape index (κ1) is 12.0. The van der Waals surface area contributed by atoms with Crippen molar-refractivity contribution >= 4 is 26.0 Å². The summed E-state index contributed by atoms with van der Waals surface area (Å²) in [6, 6.07) is 3.93. The van der Waals surface area contributed by atoms with Crippen LogP contribution in [0.3, 0.4) is 0 Å². The lowest BCUT2D eigenvalue weighted by atomic mass is 10.3. The van der Waals surface area contributed by atoms with Crippen molar-refractivity contribution in [3.63, 3.8) is 0 Å². The van der Waals surface area contributed by atoms with E-state index in [0.29, 0.717) is 0 Å². The number of benzene rings is 1. The molecule has 88 valence electrons. The van der Waals surface area contributed by atoms with Gasteiger partial charge in [-0.2, -0.15) is 4.31 Å². The molecular weight excluding hydrogens is 297 g/mol. The van der Waals surface area contributed by atoms with Crippen LogP contribution in [0.4, 0.5) is 4.39 Å². The Morgan fingerprint density at radius 1 is 1.44 bits per heavy atom. The molecule has 6 heteroatoms. The predicted octanol–water partition coefficient (Wildman–Crippen LogP) is 2.37. The normalized spacial score (nSPS) is 16.8. The monoisotopic (exact) mass is 307 g/mol. The minimum absolute atomic E-state index is 0.00241. The summed E-state index contributed by atoms with van der Waals surface area (Å²) in [5.74, 6) is -0.565. The van der Waals surface area contributed by atoms with Crippen LogP contribution in [0.2, 0.25) is 0 Å². The summed E-state index contributed by atoms with van der Waals surface area (Å²) in [4.78, 5) is 0.00241. The maximum atomic E-state index is 13.3. The average Bonchev–Trinajstić information content (AvgIpc) is 3.04. The van der Waals surface area contributed by atoms with Gasteiger partial charge in [-0.25, -0.2) is 12.8 Å². The molecule has 3 nitrogen and oxygen atoms in total. The number of rotatable bonds is 3. The van der Waals surface area contributed by atoms with Crippen LogP contribution in [-0.2, 0) is 10.0 Å². The second-order valence-electron chi connectivity index (χ2n) is 3.83. The van der Waals surface area contributed by atoms with E-state index in [-0.39, 0.29) is 15.4 Å². The van der Waals surface area contributed by atoms with Crippen molar-refractivity contribution in [3.8, 4) is 0 Å². The molecular formula is C10H11BrFNO2S. The van der Waals surface area contributed by atoms with Gasteiger partial charge >= 0.3 is 0 Å². The average molecular weight is 308 g/mol. The molecule has 1 aliphatic carbocycles. The van der Waals surface area contributed by atoms with Crippen LogP contribution in [0.15, 0.2) is 27.6 Å². The van der Waals surface area contributed by atoms with Gasteiger partial charge in [-0.05, 0) is 47.0 Å². The van der Waals surface area contributed by atoms with Crippen LogP contribution >= 0.6 is 15.9 Å². The van der Waals surface area contributed by atoms with Crippen molar-refractivity contribution < 1.29 is 12.8 Å². The summed E-state index contributed by atoms with van der Waals surface area (Å²) < 4.78 is 38.9. The van der Waals surface area contributed by atoms with Crippen LogP contribution in [0.1, 0.15) is 12.8 Å². The summed E-state index contributed by atoms with van der Waals surface area (Å²) in [5, 5.41) is 0. The summed E-state index contributed by atoms with van der Waals surface area (Å²) in [7, 11) is -2.01. The van der Waals surface area contributed by atoms with Crippen LogP contribution < -0.4 is 0 Å². The molecule has 0 heterocycles. The highest BCUT2D eigenvalue weighted by atomic mass is 79.9. The Hall–Kier alpha value is -0.460. The fraction of sp³-hybridized carbons (Fsp3) is 0.400. The molecule has 0 radical (unpaired) electrons. The van der Waals surface area contributed by atoms with E-state index < -0.39 is 15.8 Å². The maximum Gasteiger partial charge on any atom is 0.243 e. The quantitative estimate of drug-likeness (QED) is 0.860. The lowest BCUT2D eigenvalue weighted by Crippen LogP contribution is -2.28. The van der Waals surface area contributed by atoms with Gasteiger partial charge in [0.2, 0.25) is 10.0 Å². The molecule has 0 aromatic heterocycles. The highest BCUT2D eigenvalue weighted by Crippen LogP contribution is 2.31. The van der Waals surface area contributed by atoms with E-state index in [4.69, 9.17) is 0 Å². The summed E-state index contributed by atoms with van der Waals surface area (Å²) >= 11 is 2.99. The van der Waals surface area contributed by atoms with Crippen molar-refractivity contribution in [2.45, 2.75) is 23.8 Å². The van der Waals surface area contributed by atoms with E-state index in [1.54, 1.807) is 0 Å². The van der Waals surface area contributed by atoms with Crippen molar-refractivity contribution in [2.75, 3.05) is 7.05 Å². The Balaban J connectivity index is 2.38. The summed E-state index contributed by atoms with van der Waals surface area (Å²) in [6.07, 6.45) is 1.77. The second kappa shape index (κ2) is 4.09. The van der Waals surface area contributed by atoms with Gasteiger partial charge in [0.05, 0.1) is 9.37 Å². The molecule has 0 saturated heterocycles. The number of halogens is 2. The van der Waals surface area contributed by atoms with Crippen LogP contribution in [0.5, 0.6) is 0 Å². The van der Waals surface area contributed by atoms with Gasteiger partial charge in [-0.1, -0.05) is 0 Å². The Morgan fingerprint density at radius 2 is 2.06 bits per heavy atom. The zero-order valence-corrected chi connectivity index (χ0v) is 11.1. The molecule has 16 heavy (non-hydrogen) atoms. The van der Waals surface area contributed by atoms with Gasteiger partial charge in [0.25, 0.3) is 0 Å². The van der Waals surface area contributed by atoms with E-state index in [9.17, 15) is 12.8 Å². The van der Waals surface area contributed by atoms with Crippen molar-refractivity contribution in [2.24, 2.45) is 0 Å². The van der Waals surface area contributed by atoms with Gasteiger partial charge in [0.1, 0.15) is 5.82 Å². The molecule has 0 spiro atoms. The van der Waals surface area contributed by atoms with E-state index in [2.05, 4.69) is 15.9 Å². The van der Waals surface area contributed by atoms with E-state index in [1.807, 2.05) is 0 Å². The lowest BCUT2D eigenvalue weighted by Gasteiger charge is -2.16. The van der Waals surface area contributed by atoms with Crippen LogP contribution in [0.25, 0.3) is 0 Å². The van der Waals surface area contributed by atoms with Gasteiger partial charge in [-0.3, -0.25) is 0 Å². The fourth-order valence-electron chi connectivity index (χ4n) is 1.44. The van der Waals surface area contributed by atoms with Crippen LogP contribution in [0, 0.1) is 5.82 Å². The van der Waals surface area contributed by atoms with E-state index >= 15 is 0 Å². The molecule has 1 fully saturated rings. The van der Waals surface area contributed by atoms with E-state index in [0.717, 1.165) is 18.9 Å². The number of nitrogens with zero attached hydrogens (tertiary/aromatic N) is 1. The molecule has 1 saturated carbocycles. The SMILES string of the molecule is CN(C1CC1)S(=O)(=O)c1ccc(Br)c(F)c1. The number of sulfonamides is 1. The Kier molecular flexibility index (Phi) is 3.07. The smallest absolute Gasteiger partial charge is 0.207 e. The van der Waals surface area contributed by atoms with E-state index in [1.165, 1.54) is 23.5 Å². The Morgan fingerprint density at radius 3 is 2.56 bits per heavy atom. The molecule has 0 atom stereocenters. The molecule has 0 unspecified atom stereocenters. The zero-order chi connectivity index (χ0) is 11.9. The van der Waals surface area contributed by atoms with Crippen molar-refractivity contribution in [1.29, 1.82) is 0 Å². The molecule has 0 amide bonds. The Labute approximate surface area is 102 Å². The standard InChI is InChI=1S/C10H11BrFNO2S/c1-13(7-2-3-7)16(14,15)8-4-5-9(11)10(12)6-8/h4-7H,2-3H2,1H3. The first-order valence-electron chi connectivity index (χ1n) is 4.86. The minimum Gasteiger partial charge on any atom is -0.207 e. The number of hydrogen-bond donors (Lipinski definition) is 0. The summed E-state index contributed by atoms with van der Waals surface area (Å²) in [5.41, 5.74) is 0. The van der Waals surface area contributed by atoms with Crippen molar-refractivity contribution in [3.05, 3.63) is 28.5 Å². The first-order valence-corrected chi connectivity index (χ1v) is 7.09. The highest BCUT2D eigenvalue weighted by Gasteiger charge is 2.35. The predicted molar refractivity (Wildman–Crippen MR) is 62.1 cm³/mol. The lowest BCUT2D eigenvalue weighted by molar-refractivity contribution is 0.463. The molecule has 2 rings (SSSR count). The highest BCUT2D eigenvalue weighted by molar-refractivity contribution is 9.10. The van der Waals surface area contributed by atoms with Gasteiger partial charge in [0.15, 0.2) is 0 Å². The third kappa shape index (κ3) is 2.14. The summed E-state index contributed by atoms with van der Waals surface area (Å²) in [6.45, 7) is 0. The molecule has 1 aromatic carbocycles. The Bertz CT molecular complexity index is 514.